The van der Waals surface area contributed by atoms with Crippen LogP contribution in [0.2, 0.25) is 0 Å². The van der Waals surface area contributed by atoms with Gasteiger partial charge in [0, 0.05) is 16.3 Å². The Morgan fingerprint density at radius 1 is 1.19 bits per heavy atom. The normalized spacial score (nSPS) is 11.2. The molecule has 0 atom stereocenters. The number of rotatable bonds is 5. The molecule has 0 radical (unpaired) electrons. The lowest BCUT2D eigenvalue weighted by molar-refractivity contribution is 0.0950. The number of amides is 1. The van der Waals surface area contributed by atoms with Crippen LogP contribution in [0.25, 0.3) is 10.2 Å². The minimum Gasteiger partial charge on any atom is -0.345 e. The highest BCUT2D eigenvalue weighted by Gasteiger charge is 2.16. The van der Waals surface area contributed by atoms with Gasteiger partial charge in [-0.2, -0.15) is 0 Å². The van der Waals surface area contributed by atoms with Crippen molar-refractivity contribution in [2.75, 3.05) is 0 Å². The predicted molar refractivity (Wildman–Crippen MR) is 108 cm³/mol. The van der Waals surface area contributed by atoms with Crippen molar-refractivity contribution in [2.24, 2.45) is 0 Å². The van der Waals surface area contributed by atoms with Gasteiger partial charge in [0.25, 0.3) is 5.91 Å². The molecule has 0 unspecified atom stereocenters. The van der Waals surface area contributed by atoms with Gasteiger partial charge >= 0.3 is 0 Å². The molecule has 0 saturated heterocycles. The van der Waals surface area contributed by atoms with Crippen LogP contribution in [-0.4, -0.2) is 15.5 Å². The monoisotopic (exact) mass is 381 g/mol. The highest BCUT2D eigenvalue weighted by molar-refractivity contribution is 7.18. The van der Waals surface area contributed by atoms with Gasteiger partial charge in [-0.3, -0.25) is 4.79 Å². The SMILES string of the molecule is Cc1cc(C(=O)NCc2nc3ccccc3s2)c(C)n1Cc1cccs1. The largest absolute Gasteiger partial charge is 0.345 e. The van der Waals surface area contributed by atoms with Gasteiger partial charge in [-0.15, -0.1) is 22.7 Å². The standard InChI is InChI=1S/C20H19N3OS2/c1-13-10-16(14(2)23(13)12-15-6-5-9-25-15)20(24)21-11-19-22-17-7-3-4-8-18(17)26-19/h3-10H,11-12H2,1-2H3,(H,21,24). The number of carbonyl (C=O) groups excluding carboxylic acids is 1. The molecule has 1 N–H and O–H groups in total. The van der Waals surface area contributed by atoms with E-state index in [2.05, 4.69) is 38.4 Å². The maximum absolute atomic E-state index is 12.7. The summed E-state index contributed by atoms with van der Waals surface area (Å²) in [7, 11) is 0. The second kappa shape index (κ2) is 7.05. The van der Waals surface area contributed by atoms with Crippen LogP contribution in [0.3, 0.4) is 0 Å². The summed E-state index contributed by atoms with van der Waals surface area (Å²) in [6.07, 6.45) is 0. The lowest BCUT2D eigenvalue weighted by Crippen LogP contribution is -2.23. The molecule has 0 bridgehead atoms. The Balaban J connectivity index is 1.49. The summed E-state index contributed by atoms with van der Waals surface area (Å²) in [6.45, 7) is 5.31. The zero-order chi connectivity index (χ0) is 18.1. The van der Waals surface area contributed by atoms with E-state index >= 15 is 0 Å². The van der Waals surface area contributed by atoms with E-state index < -0.39 is 0 Å². The summed E-state index contributed by atoms with van der Waals surface area (Å²) in [6, 6.07) is 14.2. The smallest absolute Gasteiger partial charge is 0.253 e. The molecule has 0 fully saturated rings. The van der Waals surface area contributed by atoms with Gasteiger partial charge in [-0.1, -0.05) is 18.2 Å². The molecule has 3 aromatic heterocycles. The number of thiophene rings is 1. The quantitative estimate of drug-likeness (QED) is 0.542. The van der Waals surface area contributed by atoms with E-state index in [1.165, 1.54) is 4.88 Å². The fraction of sp³-hybridized carbons (Fsp3) is 0.200. The number of para-hydroxylation sites is 1. The maximum atomic E-state index is 12.7. The van der Waals surface area contributed by atoms with Crippen molar-refractivity contribution in [3.63, 3.8) is 0 Å². The molecule has 0 aliphatic heterocycles. The number of benzene rings is 1. The first-order valence-corrected chi connectivity index (χ1v) is 10.1. The number of aromatic nitrogens is 2. The molecular weight excluding hydrogens is 362 g/mol. The minimum atomic E-state index is -0.0465. The Kier molecular flexibility index (Phi) is 4.61. The van der Waals surface area contributed by atoms with Crippen molar-refractivity contribution < 1.29 is 4.79 Å². The lowest BCUT2D eigenvalue weighted by atomic mass is 10.2. The zero-order valence-corrected chi connectivity index (χ0v) is 16.3. The van der Waals surface area contributed by atoms with Crippen molar-refractivity contribution in [2.45, 2.75) is 26.9 Å². The molecule has 0 aliphatic carbocycles. The van der Waals surface area contributed by atoms with Crippen molar-refractivity contribution in [3.8, 4) is 0 Å². The van der Waals surface area contributed by atoms with Crippen LogP contribution in [0.4, 0.5) is 0 Å². The summed E-state index contributed by atoms with van der Waals surface area (Å²) in [5.41, 5.74) is 3.81. The Labute approximate surface area is 160 Å². The average molecular weight is 382 g/mol. The van der Waals surface area contributed by atoms with E-state index in [4.69, 9.17) is 0 Å². The third-order valence-electron chi connectivity index (χ3n) is 4.45. The molecule has 26 heavy (non-hydrogen) atoms. The zero-order valence-electron chi connectivity index (χ0n) is 14.7. The van der Waals surface area contributed by atoms with E-state index in [-0.39, 0.29) is 5.91 Å². The van der Waals surface area contributed by atoms with E-state index in [1.807, 2.05) is 38.1 Å². The van der Waals surface area contributed by atoms with Crippen LogP contribution < -0.4 is 5.32 Å². The van der Waals surface area contributed by atoms with Gasteiger partial charge in [0.05, 0.1) is 28.9 Å². The number of thiazole rings is 1. The van der Waals surface area contributed by atoms with Gasteiger partial charge < -0.3 is 9.88 Å². The lowest BCUT2D eigenvalue weighted by Gasteiger charge is -2.08. The van der Waals surface area contributed by atoms with Crippen LogP contribution >= 0.6 is 22.7 Å². The third kappa shape index (κ3) is 3.30. The fourth-order valence-corrected chi connectivity index (χ4v) is 4.68. The first-order chi connectivity index (χ1) is 12.6. The van der Waals surface area contributed by atoms with E-state index in [9.17, 15) is 4.79 Å². The van der Waals surface area contributed by atoms with Gasteiger partial charge in [-0.25, -0.2) is 4.98 Å². The number of nitrogens with one attached hydrogen (secondary N) is 1. The topological polar surface area (TPSA) is 46.9 Å². The Bertz CT molecular complexity index is 1030. The highest BCUT2D eigenvalue weighted by atomic mass is 32.1. The van der Waals surface area contributed by atoms with Crippen molar-refractivity contribution in [1.29, 1.82) is 0 Å². The van der Waals surface area contributed by atoms with Gasteiger partial charge in [-0.05, 0) is 43.5 Å². The molecule has 6 heteroatoms. The van der Waals surface area contributed by atoms with E-state index in [0.29, 0.717) is 6.54 Å². The van der Waals surface area contributed by atoms with Crippen LogP contribution in [0.1, 0.15) is 31.6 Å². The van der Waals surface area contributed by atoms with Crippen LogP contribution in [0.5, 0.6) is 0 Å². The molecule has 4 aromatic rings. The molecule has 4 nitrogen and oxygen atoms in total. The predicted octanol–water partition coefficient (Wildman–Crippen LogP) is 4.75. The fourth-order valence-electron chi connectivity index (χ4n) is 3.08. The Hall–Kier alpha value is -2.44. The molecule has 3 heterocycles. The average Bonchev–Trinajstić information content (AvgIpc) is 3.35. The van der Waals surface area contributed by atoms with E-state index in [0.717, 1.165) is 38.7 Å². The molecule has 4 rings (SSSR count). The minimum absolute atomic E-state index is 0.0465. The maximum Gasteiger partial charge on any atom is 0.253 e. The molecular formula is C20H19N3OS2. The molecule has 0 saturated carbocycles. The summed E-state index contributed by atoms with van der Waals surface area (Å²) < 4.78 is 3.34. The number of hydrogen-bond acceptors (Lipinski definition) is 4. The summed E-state index contributed by atoms with van der Waals surface area (Å²) in [5.74, 6) is -0.0465. The first kappa shape index (κ1) is 17.0. The van der Waals surface area contributed by atoms with Crippen LogP contribution in [-0.2, 0) is 13.1 Å². The molecule has 0 spiro atoms. The van der Waals surface area contributed by atoms with Crippen molar-refractivity contribution in [1.82, 2.24) is 14.9 Å². The molecule has 1 amide bonds. The van der Waals surface area contributed by atoms with Crippen LogP contribution in [0, 0.1) is 13.8 Å². The third-order valence-corrected chi connectivity index (χ3v) is 6.35. The first-order valence-electron chi connectivity index (χ1n) is 8.43. The Morgan fingerprint density at radius 2 is 2.04 bits per heavy atom. The molecule has 132 valence electrons. The number of aryl methyl sites for hydroxylation is 1. The number of carbonyl (C=O) groups is 1. The second-order valence-electron chi connectivity index (χ2n) is 6.21. The second-order valence-corrected chi connectivity index (χ2v) is 8.36. The summed E-state index contributed by atoms with van der Waals surface area (Å²) >= 11 is 3.35. The molecule has 0 aliphatic rings. The Morgan fingerprint density at radius 3 is 2.81 bits per heavy atom. The number of hydrogen-bond donors (Lipinski definition) is 1. The van der Waals surface area contributed by atoms with Crippen molar-refractivity contribution >= 4 is 38.8 Å². The number of fused-ring (bicyclic) bond motifs is 1. The van der Waals surface area contributed by atoms with Crippen molar-refractivity contribution in [3.05, 3.63) is 74.7 Å². The van der Waals surface area contributed by atoms with Gasteiger partial charge in [0.15, 0.2) is 0 Å². The van der Waals surface area contributed by atoms with Gasteiger partial charge in [0.2, 0.25) is 0 Å². The van der Waals surface area contributed by atoms with Crippen LogP contribution in [0.15, 0.2) is 47.8 Å². The summed E-state index contributed by atoms with van der Waals surface area (Å²) in [5, 5.41) is 6.02. The highest BCUT2D eigenvalue weighted by Crippen LogP contribution is 2.22. The molecule has 1 aromatic carbocycles. The van der Waals surface area contributed by atoms with Gasteiger partial charge in [0.1, 0.15) is 5.01 Å². The van der Waals surface area contributed by atoms with E-state index in [1.54, 1.807) is 22.7 Å². The number of nitrogens with zero attached hydrogens (tertiary/aromatic N) is 2. The summed E-state index contributed by atoms with van der Waals surface area (Å²) in [4.78, 5) is 18.5.